The zero-order valence-electron chi connectivity index (χ0n) is 10.9. The van der Waals surface area contributed by atoms with Crippen molar-refractivity contribution in [3.8, 4) is 5.75 Å². The highest BCUT2D eigenvalue weighted by Crippen LogP contribution is 2.32. The minimum absolute atomic E-state index is 0.0362. The molecule has 20 heavy (non-hydrogen) atoms. The number of hydrogen-bond acceptors (Lipinski definition) is 5. The van der Waals surface area contributed by atoms with Crippen molar-refractivity contribution in [3.05, 3.63) is 23.8 Å². The van der Waals surface area contributed by atoms with Crippen molar-refractivity contribution in [1.82, 2.24) is 5.43 Å². The summed E-state index contributed by atoms with van der Waals surface area (Å²) in [4.78, 5) is 0.184. The van der Waals surface area contributed by atoms with Crippen LogP contribution >= 0.6 is 12.2 Å². The van der Waals surface area contributed by atoms with E-state index in [2.05, 4.69) is 10.5 Å². The summed E-state index contributed by atoms with van der Waals surface area (Å²) in [6, 6.07) is 5.07. The van der Waals surface area contributed by atoms with Crippen LogP contribution in [0.1, 0.15) is 18.4 Å². The summed E-state index contributed by atoms with van der Waals surface area (Å²) in [5.74, 6) is 0.388. The molecule has 3 N–H and O–H groups in total. The van der Waals surface area contributed by atoms with E-state index in [0.717, 1.165) is 0 Å². The van der Waals surface area contributed by atoms with E-state index < -0.39 is 9.84 Å². The molecule has 0 saturated heterocycles. The van der Waals surface area contributed by atoms with Gasteiger partial charge in [0.15, 0.2) is 14.9 Å². The number of sulfone groups is 1. The Morgan fingerprint density at radius 1 is 1.50 bits per heavy atom. The van der Waals surface area contributed by atoms with Gasteiger partial charge in [-0.25, -0.2) is 8.42 Å². The standard InChI is InChI=1S/C12H15N3O3S2/c1-18-10-6-2-4-8-9(14-15-12(13)19)5-3-7-20(16,17)11(8)10/h2,4,6H,3,5,7H2,1H3,(H3,13,15,19). The topological polar surface area (TPSA) is 93.8 Å². The Bertz CT molecular complexity index is 669. The van der Waals surface area contributed by atoms with Gasteiger partial charge in [-0.15, -0.1) is 0 Å². The summed E-state index contributed by atoms with van der Waals surface area (Å²) < 4.78 is 29.9. The highest BCUT2D eigenvalue weighted by atomic mass is 32.2. The van der Waals surface area contributed by atoms with Crippen LogP contribution < -0.4 is 15.9 Å². The molecule has 0 atom stereocenters. The van der Waals surface area contributed by atoms with Crippen LogP contribution in [0, 0.1) is 0 Å². The lowest BCUT2D eigenvalue weighted by Crippen LogP contribution is -2.25. The van der Waals surface area contributed by atoms with E-state index in [9.17, 15) is 8.42 Å². The van der Waals surface area contributed by atoms with E-state index in [0.29, 0.717) is 29.9 Å². The van der Waals surface area contributed by atoms with Crippen molar-refractivity contribution in [3.63, 3.8) is 0 Å². The number of benzene rings is 1. The molecule has 1 aromatic rings. The lowest BCUT2D eigenvalue weighted by atomic mass is 10.1. The molecule has 1 aliphatic heterocycles. The Morgan fingerprint density at radius 3 is 2.90 bits per heavy atom. The minimum atomic E-state index is -3.39. The van der Waals surface area contributed by atoms with Gasteiger partial charge < -0.3 is 10.5 Å². The van der Waals surface area contributed by atoms with Gasteiger partial charge in [0.1, 0.15) is 10.6 Å². The molecule has 108 valence electrons. The van der Waals surface area contributed by atoms with Gasteiger partial charge in [-0.2, -0.15) is 5.10 Å². The zero-order valence-corrected chi connectivity index (χ0v) is 12.6. The van der Waals surface area contributed by atoms with Gasteiger partial charge >= 0.3 is 0 Å². The monoisotopic (exact) mass is 313 g/mol. The number of hydrazone groups is 1. The second kappa shape index (κ2) is 5.76. The van der Waals surface area contributed by atoms with Crippen molar-refractivity contribution >= 4 is 32.9 Å². The van der Waals surface area contributed by atoms with E-state index in [1.807, 2.05) is 0 Å². The molecule has 2 rings (SSSR count). The first kappa shape index (κ1) is 14.7. The van der Waals surface area contributed by atoms with Gasteiger partial charge in [0.25, 0.3) is 0 Å². The number of methoxy groups -OCH3 is 1. The summed E-state index contributed by atoms with van der Waals surface area (Å²) in [5, 5.41) is 4.14. The number of nitrogens with two attached hydrogens (primary N) is 1. The molecule has 0 aromatic heterocycles. The third-order valence-electron chi connectivity index (χ3n) is 2.95. The lowest BCUT2D eigenvalue weighted by Gasteiger charge is -2.12. The summed E-state index contributed by atoms with van der Waals surface area (Å²) in [5.41, 5.74) is 9.00. The van der Waals surface area contributed by atoms with Crippen LogP contribution in [0.4, 0.5) is 0 Å². The minimum Gasteiger partial charge on any atom is -0.495 e. The molecule has 0 saturated carbocycles. The second-order valence-corrected chi connectivity index (χ2v) is 6.78. The summed E-state index contributed by atoms with van der Waals surface area (Å²) in [6.45, 7) is 0. The van der Waals surface area contributed by atoms with Crippen molar-refractivity contribution in [1.29, 1.82) is 0 Å². The maximum atomic E-state index is 12.4. The van der Waals surface area contributed by atoms with E-state index in [1.54, 1.807) is 18.2 Å². The molecule has 0 amide bonds. The Morgan fingerprint density at radius 2 is 2.25 bits per heavy atom. The Labute approximate surface area is 122 Å². The molecule has 0 radical (unpaired) electrons. The average molecular weight is 313 g/mol. The van der Waals surface area contributed by atoms with Crippen LogP contribution in [0.5, 0.6) is 5.75 Å². The number of rotatable bonds is 2. The lowest BCUT2D eigenvalue weighted by molar-refractivity contribution is 0.402. The van der Waals surface area contributed by atoms with Gasteiger partial charge in [0, 0.05) is 5.56 Å². The molecule has 0 fully saturated rings. The number of hydrogen-bond donors (Lipinski definition) is 2. The maximum absolute atomic E-state index is 12.4. The van der Waals surface area contributed by atoms with E-state index >= 15 is 0 Å². The number of ether oxygens (including phenoxy) is 1. The first-order chi connectivity index (χ1) is 9.45. The fourth-order valence-corrected chi connectivity index (χ4v) is 3.88. The largest absolute Gasteiger partial charge is 0.495 e. The molecule has 0 unspecified atom stereocenters. The predicted molar refractivity (Wildman–Crippen MR) is 80.7 cm³/mol. The van der Waals surface area contributed by atoms with Gasteiger partial charge in [-0.3, -0.25) is 5.43 Å². The van der Waals surface area contributed by atoms with Crippen molar-refractivity contribution in [2.75, 3.05) is 12.9 Å². The molecular weight excluding hydrogens is 298 g/mol. The third-order valence-corrected chi connectivity index (χ3v) is 4.91. The number of nitrogens with zero attached hydrogens (tertiary/aromatic N) is 1. The molecule has 0 aliphatic carbocycles. The van der Waals surface area contributed by atoms with Crippen LogP contribution in [0.3, 0.4) is 0 Å². The highest BCUT2D eigenvalue weighted by molar-refractivity contribution is 7.91. The van der Waals surface area contributed by atoms with Crippen LogP contribution in [0.2, 0.25) is 0 Å². The summed E-state index contributed by atoms with van der Waals surface area (Å²) in [6.07, 6.45) is 1.01. The maximum Gasteiger partial charge on any atom is 0.184 e. The van der Waals surface area contributed by atoms with Gasteiger partial charge in [0.05, 0.1) is 18.6 Å². The van der Waals surface area contributed by atoms with E-state index in [-0.39, 0.29) is 15.8 Å². The highest BCUT2D eigenvalue weighted by Gasteiger charge is 2.28. The van der Waals surface area contributed by atoms with Gasteiger partial charge in [-0.1, -0.05) is 12.1 Å². The van der Waals surface area contributed by atoms with Crippen molar-refractivity contribution < 1.29 is 13.2 Å². The van der Waals surface area contributed by atoms with E-state index in [4.69, 9.17) is 22.7 Å². The molecule has 0 bridgehead atoms. The zero-order chi connectivity index (χ0) is 14.8. The summed E-state index contributed by atoms with van der Waals surface area (Å²) >= 11 is 4.71. The summed E-state index contributed by atoms with van der Waals surface area (Å²) in [7, 11) is -1.95. The molecule has 6 nitrogen and oxygen atoms in total. The Balaban J connectivity index is 2.64. The van der Waals surface area contributed by atoms with Gasteiger partial charge in [0.2, 0.25) is 0 Å². The first-order valence-corrected chi connectivity index (χ1v) is 8.04. The second-order valence-electron chi connectivity index (χ2n) is 4.29. The quantitative estimate of drug-likeness (QED) is 0.619. The Hall–Kier alpha value is -1.67. The fraction of sp³-hybridized carbons (Fsp3) is 0.333. The number of fused-ring (bicyclic) bond motifs is 1. The number of thiocarbonyl (C=S) groups is 1. The molecule has 1 heterocycles. The first-order valence-electron chi connectivity index (χ1n) is 5.98. The van der Waals surface area contributed by atoms with Crippen LogP contribution in [-0.2, 0) is 9.84 Å². The number of nitrogens with one attached hydrogen (secondary N) is 1. The predicted octanol–water partition coefficient (Wildman–Crippen LogP) is 0.800. The third kappa shape index (κ3) is 2.91. The normalized spacial score (nSPS) is 18.9. The van der Waals surface area contributed by atoms with Crippen LogP contribution in [-0.4, -0.2) is 32.1 Å². The van der Waals surface area contributed by atoms with Gasteiger partial charge in [-0.05, 0) is 31.1 Å². The van der Waals surface area contributed by atoms with Crippen LogP contribution in [0.25, 0.3) is 0 Å². The molecule has 1 aliphatic rings. The van der Waals surface area contributed by atoms with E-state index in [1.165, 1.54) is 7.11 Å². The SMILES string of the molecule is COc1cccc2c1S(=O)(=O)CCCC2=NNC(N)=S. The molecule has 8 heteroatoms. The molecule has 0 spiro atoms. The molecular formula is C12H15N3O3S2. The van der Waals surface area contributed by atoms with Crippen molar-refractivity contribution in [2.24, 2.45) is 10.8 Å². The smallest absolute Gasteiger partial charge is 0.184 e. The van der Waals surface area contributed by atoms with Crippen molar-refractivity contribution in [2.45, 2.75) is 17.7 Å². The van der Waals surface area contributed by atoms with Crippen LogP contribution in [0.15, 0.2) is 28.2 Å². The Kier molecular flexibility index (Phi) is 4.24. The average Bonchev–Trinajstić information content (AvgIpc) is 2.53. The molecule has 1 aromatic carbocycles. The fourth-order valence-electron chi connectivity index (χ4n) is 2.13.